The molecule has 0 aliphatic rings. The summed E-state index contributed by atoms with van der Waals surface area (Å²) in [4.78, 5) is 22.6. The second kappa shape index (κ2) is 9.39. The predicted molar refractivity (Wildman–Crippen MR) is 105 cm³/mol. The fraction of sp³-hybridized carbons (Fsp3) is 0.158. The molecular weight excluding hydrogens is 384 g/mol. The first-order valence-electron chi connectivity index (χ1n) is 8.11. The summed E-state index contributed by atoms with van der Waals surface area (Å²) in [6.07, 6.45) is 1.15. The molecule has 9 heteroatoms. The van der Waals surface area contributed by atoms with Gasteiger partial charge in [-0.2, -0.15) is 5.26 Å². The van der Waals surface area contributed by atoms with E-state index in [9.17, 15) is 20.2 Å². The SMILES string of the molecule is COc1ccc(C(C)NC(=O)/C(C#N)=C\Nc2cc([N+](=O)[O-])ccc2Cl)cc1. The maximum absolute atomic E-state index is 12.4. The molecule has 0 saturated heterocycles. The average Bonchev–Trinajstić information content (AvgIpc) is 2.69. The predicted octanol–water partition coefficient (Wildman–Crippen LogP) is 3.95. The summed E-state index contributed by atoms with van der Waals surface area (Å²) in [5, 5.41) is 25.7. The second-order valence-electron chi connectivity index (χ2n) is 5.70. The quantitative estimate of drug-likeness (QED) is 0.314. The summed E-state index contributed by atoms with van der Waals surface area (Å²) in [5.41, 5.74) is 0.667. The van der Waals surface area contributed by atoms with E-state index in [1.54, 1.807) is 44.4 Å². The van der Waals surface area contributed by atoms with Crippen molar-refractivity contribution in [2.75, 3.05) is 12.4 Å². The van der Waals surface area contributed by atoms with Crippen molar-refractivity contribution >= 4 is 28.9 Å². The Morgan fingerprint density at radius 1 is 1.32 bits per heavy atom. The molecule has 2 N–H and O–H groups in total. The third-order valence-corrected chi connectivity index (χ3v) is 4.19. The topological polar surface area (TPSA) is 117 Å². The number of amides is 1. The van der Waals surface area contributed by atoms with Gasteiger partial charge in [-0.3, -0.25) is 14.9 Å². The number of rotatable bonds is 7. The number of nitrogens with zero attached hydrogens (tertiary/aromatic N) is 2. The maximum Gasteiger partial charge on any atom is 0.271 e. The molecule has 2 rings (SSSR count). The van der Waals surface area contributed by atoms with Crippen molar-refractivity contribution < 1.29 is 14.5 Å². The number of nitrogens with one attached hydrogen (secondary N) is 2. The Balaban J connectivity index is 2.11. The number of non-ortho nitro benzene ring substituents is 1. The number of ether oxygens (including phenoxy) is 1. The van der Waals surface area contributed by atoms with Crippen LogP contribution in [0, 0.1) is 21.4 Å². The molecule has 28 heavy (non-hydrogen) atoms. The molecule has 0 aliphatic carbocycles. The van der Waals surface area contributed by atoms with Gasteiger partial charge in [0.25, 0.3) is 11.6 Å². The van der Waals surface area contributed by atoms with Crippen LogP contribution in [0.4, 0.5) is 11.4 Å². The number of nitro groups is 1. The Labute approximate surface area is 166 Å². The van der Waals surface area contributed by atoms with Gasteiger partial charge in [0.1, 0.15) is 17.4 Å². The number of hydrogen-bond donors (Lipinski definition) is 2. The lowest BCUT2D eigenvalue weighted by Gasteiger charge is -2.14. The first-order chi connectivity index (χ1) is 13.3. The van der Waals surface area contributed by atoms with Gasteiger partial charge in [-0.25, -0.2) is 0 Å². The second-order valence-corrected chi connectivity index (χ2v) is 6.11. The third kappa shape index (κ3) is 5.22. The van der Waals surface area contributed by atoms with E-state index in [1.807, 2.05) is 0 Å². The van der Waals surface area contributed by atoms with Gasteiger partial charge < -0.3 is 15.4 Å². The van der Waals surface area contributed by atoms with E-state index in [-0.39, 0.29) is 28.0 Å². The van der Waals surface area contributed by atoms with E-state index >= 15 is 0 Å². The summed E-state index contributed by atoms with van der Waals surface area (Å²) < 4.78 is 5.09. The molecule has 0 spiro atoms. The molecular formula is C19H17ClN4O4. The lowest BCUT2D eigenvalue weighted by Crippen LogP contribution is -2.28. The highest BCUT2D eigenvalue weighted by Crippen LogP contribution is 2.27. The van der Waals surface area contributed by atoms with Gasteiger partial charge in [-0.1, -0.05) is 23.7 Å². The molecule has 0 aromatic heterocycles. The molecule has 0 fully saturated rings. The highest BCUT2D eigenvalue weighted by atomic mass is 35.5. The molecule has 0 radical (unpaired) electrons. The molecule has 0 saturated carbocycles. The van der Waals surface area contributed by atoms with Crippen LogP contribution in [0.15, 0.2) is 54.2 Å². The number of anilines is 1. The van der Waals surface area contributed by atoms with Gasteiger partial charge in [0.05, 0.1) is 28.8 Å². The molecule has 2 aromatic carbocycles. The van der Waals surface area contributed by atoms with Crippen LogP contribution < -0.4 is 15.4 Å². The number of carbonyl (C=O) groups excluding carboxylic acids is 1. The lowest BCUT2D eigenvalue weighted by molar-refractivity contribution is -0.384. The summed E-state index contributed by atoms with van der Waals surface area (Å²) in [5.74, 6) is 0.0952. The molecule has 0 aliphatic heterocycles. The molecule has 1 atom stereocenters. The third-order valence-electron chi connectivity index (χ3n) is 3.86. The Kier molecular flexibility index (Phi) is 6.96. The van der Waals surface area contributed by atoms with Gasteiger partial charge in [0, 0.05) is 18.3 Å². The average molecular weight is 401 g/mol. The van der Waals surface area contributed by atoms with E-state index < -0.39 is 10.8 Å². The Hall–Kier alpha value is -3.57. The molecule has 1 amide bonds. The number of methoxy groups -OCH3 is 1. The first kappa shape index (κ1) is 20.7. The zero-order valence-electron chi connectivity index (χ0n) is 15.1. The number of halogens is 1. The first-order valence-corrected chi connectivity index (χ1v) is 8.49. The van der Waals surface area contributed by atoms with Crippen LogP contribution in [0.2, 0.25) is 5.02 Å². The monoisotopic (exact) mass is 400 g/mol. The smallest absolute Gasteiger partial charge is 0.271 e. The minimum absolute atomic E-state index is 0.170. The molecule has 0 heterocycles. The number of nitro benzene ring substituents is 1. The highest BCUT2D eigenvalue weighted by Gasteiger charge is 2.15. The van der Waals surface area contributed by atoms with E-state index in [4.69, 9.17) is 16.3 Å². The van der Waals surface area contributed by atoms with Crippen LogP contribution in [0.25, 0.3) is 0 Å². The number of nitriles is 1. The van der Waals surface area contributed by atoms with Crippen molar-refractivity contribution in [3.05, 3.63) is 74.9 Å². The summed E-state index contributed by atoms with van der Waals surface area (Å²) in [6.45, 7) is 1.78. The van der Waals surface area contributed by atoms with Gasteiger partial charge in [0.2, 0.25) is 0 Å². The Morgan fingerprint density at radius 2 is 2.00 bits per heavy atom. The van der Waals surface area contributed by atoms with Crippen molar-refractivity contribution in [2.45, 2.75) is 13.0 Å². The molecule has 144 valence electrons. The van der Waals surface area contributed by atoms with Crippen molar-refractivity contribution in [1.29, 1.82) is 5.26 Å². The molecule has 0 bridgehead atoms. The van der Waals surface area contributed by atoms with Crippen LogP contribution in [-0.2, 0) is 4.79 Å². The summed E-state index contributed by atoms with van der Waals surface area (Å²) >= 11 is 5.99. The van der Waals surface area contributed by atoms with Gasteiger partial charge >= 0.3 is 0 Å². The van der Waals surface area contributed by atoms with Crippen molar-refractivity contribution in [3.8, 4) is 11.8 Å². The zero-order valence-corrected chi connectivity index (χ0v) is 15.9. The lowest BCUT2D eigenvalue weighted by atomic mass is 10.1. The van der Waals surface area contributed by atoms with Crippen molar-refractivity contribution in [1.82, 2.24) is 5.32 Å². The summed E-state index contributed by atoms with van der Waals surface area (Å²) in [7, 11) is 1.56. The van der Waals surface area contributed by atoms with Crippen LogP contribution in [0.1, 0.15) is 18.5 Å². The van der Waals surface area contributed by atoms with Gasteiger partial charge in [-0.05, 0) is 30.7 Å². The largest absolute Gasteiger partial charge is 0.497 e. The maximum atomic E-state index is 12.4. The molecule has 8 nitrogen and oxygen atoms in total. The summed E-state index contributed by atoms with van der Waals surface area (Å²) in [6, 6.07) is 12.4. The van der Waals surface area contributed by atoms with Crippen LogP contribution in [-0.4, -0.2) is 17.9 Å². The molecule has 2 aromatic rings. The van der Waals surface area contributed by atoms with Crippen LogP contribution >= 0.6 is 11.6 Å². The number of carbonyl (C=O) groups is 1. The standard InChI is InChI=1S/C19H17ClN4O4/c1-12(13-3-6-16(28-2)7-4-13)23-19(25)14(10-21)11-22-18-9-15(24(26)27)5-8-17(18)20/h3-9,11-12,22H,1-2H3,(H,23,25)/b14-11-. The van der Waals surface area contributed by atoms with Gasteiger partial charge in [0.15, 0.2) is 0 Å². The van der Waals surface area contributed by atoms with Crippen LogP contribution in [0.5, 0.6) is 5.75 Å². The highest BCUT2D eigenvalue weighted by molar-refractivity contribution is 6.33. The molecule has 1 unspecified atom stereocenters. The van der Waals surface area contributed by atoms with E-state index in [0.29, 0.717) is 5.75 Å². The fourth-order valence-corrected chi connectivity index (χ4v) is 2.46. The van der Waals surface area contributed by atoms with E-state index in [0.717, 1.165) is 11.8 Å². The Bertz CT molecular complexity index is 951. The van der Waals surface area contributed by atoms with Crippen molar-refractivity contribution in [3.63, 3.8) is 0 Å². The van der Waals surface area contributed by atoms with E-state index in [1.165, 1.54) is 18.2 Å². The number of benzene rings is 2. The minimum atomic E-state index is -0.597. The van der Waals surface area contributed by atoms with Gasteiger partial charge in [-0.15, -0.1) is 0 Å². The zero-order chi connectivity index (χ0) is 20.7. The fourth-order valence-electron chi connectivity index (χ4n) is 2.29. The Morgan fingerprint density at radius 3 is 2.57 bits per heavy atom. The minimum Gasteiger partial charge on any atom is -0.497 e. The number of hydrogen-bond acceptors (Lipinski definition) is 6. The van der Waals surface area contributed by atoms with Crippen LogP contribution in [0.3, 0.4) is 0 Å². The van der Waals surface area contributed by atoms with Crippen molar-refractivity contribution in [2.24, 2.45) is 0 Å². The van der Waals surface area contributed by atoms with E-state index in [2.05, 4.69) is 10.6 Å². The normalized spacial score (nSPS) is 11.9.